The molecule has 0 radical (unpaired) electrons. The number of carboxylic acid groups (broad SMARTS) is 1. The molecule has 3 fully saturated rings. The molecular formula is C29H31Cl2FN2O5. The summed E-state index contributed by atoms with van der Waals surface area (Å²) < 4.78 is 26.2. The fourth-order valence-corrected chi connectivity index (χ4v) is 7.12. The Morgan fingerprint density at radius 2 is 1.82 bits per heavy atom. The van der Waals surface area contributed by atoms with Crippen LogP contribution in [-0.2, 0) is 16.1 Å². The van der Waals surface area contributed by atoms with Gasteiger partial charge in [-0.3, -0.25) is 9.69 Å². The molecule has 2 saturated heterocycles. The van der Waals surface area contributed by atoms with Crippen molar-refractivity contribution >= 4 is 35.1 Å². The quantitative estimate of drug-likeness (QED) is 0.490. The second kappa shape index (κ2) is 10.5. The largest absolute Gasteiger partial charge is 0.478 e. The van der Waals surface area contributed by atoms with Crippen LogP contribution in [0.5, 0.6) is 5.75 Å². The first kappa shape index (κ1) is 26.8. The standard InChI is InChI=1S/C29H31Cl2FN2O5/c30-21-11-19-14-34(16-38-26(19)24(31)13-21)28(37)29(20-2-3-20)8-5-22(15-39-29)33-9-6-17(7-10-33)18-1-4-25(32)23(12-18)27(35)36/h1,4,11-13,17,20,22H,2-3,5-10,14-16H2,(H,35,36)/t22?,29-/m0/s1. The summed E-state index contributed by atoms with van der Waals surface area (Å²) in [4.78, 5) is 29.4. The zero-order valence-corrected chi connectivity index (χ0v) is 23.0. The number of carbonyl (C=O) groups excluding carboxylic acids is 1. The Bertz CT molecular complexity index is 1290. The smallest absolute Gasteiger partial charge is 0.338 e. The molecule has 208 valence electrons. The predicted molar refractivity (Wildman–Crippen MR) is 144 cm³/mol. The van der Waals surface area contributed by atoms with Gasteiger partial charge in [0.2, 0.25) is 0 Å². The minimum Gasteiger partial charge on any atom is -0.478 e. The SMILES string of the molecule is O=C(O)c1cc(C2CCN(C3CC[C@@](C(=O)N4COc5c(Cl)cc(Cl)cc5C4)(C4CC4)OC3)CC2)ccc1F. The van der Waals surface area contributed by atoms with Crippen LogP contribution in [0.25, 0.3) is 0 Å². The molecule has 0 aromatic heterocycles. The maximum absolute atomic E-state index is 13.9. The van der Waals surface area contributed by atoms with Gasteiger partial charge in [-0.05, 0) is 93.3 Å². The van der Waals surface area contributed by atoms with Crippen LogP contribution in [0.4, 0.5) is 4.39 Å². The van der Waals surface area contributed by atoms with Crippen molar-refractivity contribution < 1.29 is 28.6 Å². The van der Waals surface area contributed by atoms with Crippen molar-refractivity contribution in [2.45, 2.75) is 62.6 Å². The van der Waals surface area contributed by atoms with E-state index in [2.05, 4.69) is 4.90 Å². The zero-order chi connectivity index (χ0) is 27.3. The van der Waals surface area contributed by atoms with Gasteiger partial charge in [-0.2, -0.15) is 0 Å². The molecule has 7 nitrogen and oxygen atoms in total. The summed E-state index contributed by atoms with van der Waals surface area (Å²) in [5.41, 5.74) is 0.579. The van der Waals surface area contributed by atoms with Crippen LogP contribution < -0.4 is 4.74 Å². The highest BCUT2D eigenvalue weighted by atomic mass is 35.5. The van der Waals surface area contributed by atoms with Crippen LogP contribution in [-0.4, -0.2) is 64.9 Å². The second-order valence-corrected chi connectivity index (χ2v) is 12.0. The first-order chi connectivity index (χ1) is 18.7. The van der Waals surface area contributed by atoms with Crippen molar-refractivity contribution in [1.82, 2.24) is 9.80 Å². The number of rotatable bonds is 5. The lowest BCUT2D eigenvalue weighted by atomic mass is 9.84. The highest BCUT2D eigenvalue weighted by Gasteiger charge is 2.56. The fraction of sp³-hybridized carbons (Fsp3) is 0.517. The molecule has 1 saturated carbocycles. The maximum Gasteiger partial charge on any atom is 0.338 e. The molecule has 2 aromatic rings. The van der Waals surface area contributed by atoms with Gasteiger partial charge in [0.1, 0.15) is 17.2 Å². The molecule has 3 heterocycles. The molecule has 4 aliphatic rings. The van der Waals surface area contributed by atoms with E-state index >= 15 is 0 Å². The van der Waals surface area contributed by atoms with E-state index in [0.29, 0.717) is 35.4 Å². The number of halogens is 3. The molecule has 6 rings (SSSR count). The molecule has 1 unspecified atom stereocenters. The number of ether oxygens (including phenoxy) is 2. The summed E-state index contributed by atoms with van der Waals surface area (Å²) in [5.74, 6) is -0.964. The van der Waals surface area contributed by atoms with Crippen molar-refractivity contribution in [1.29, 1.82) is 0 Å². The lowest BCUT2D eigenvalue weighted by molar-refractivity contribution is -0.180. The molecule has 2 aromatic carbocycles. The Hall–Kier alpha value is -2.39. The number of aromatic carboxylic acids is 1. The number of likely N-dealkylation sites (tertiary alicyclic amines) is 1. The summed E-state index contributed by atoms with van der Waals surface area (Å²) in [6, 6.07) is 8.09. The number of piperidine rings is 1. The Balaban J connectivity index is 1.08. The van der Waals surface area contributed by atoms with Gasteiger partial charge < -0.3 is 19.5 Å². The molecule has 2 atom stereocenters. The number of benzene rings is 2. The number of fused-ring (bicyclic) bond motifs is 1. The van der Waals surface area contributed by atoms with Crippen LogP contribution in [0.1, 0.15) is 65.9 Å². The second-order valence-electron chi connectivity index (χ2n) is 11.2. The van der Waals surface area contributed by atoms with Gasteiger partial charge in [0.15, 0.2) is 6.73 Å². The van der Waals surface area contributed by atoms with Crippen molar-refractivity contribution in [3.05, 3.63) is 62.9 Å². The molecule has 0 bridgehead atoms. The van der Waals surface area contributed by atoms with Crippen LogP contribution in [0.2, 0.25) is 10.0 Å². The number of amides is 1. The molecule has 1 amide bonds. The van der Waals surface area contributed by atoms with E-state index in [1.165, 1.54) is 12.1 Å². The molecule has 1 aliphatic carbocycles. The Morgan fingerprint density at radius 3 is 2.49 bits per heavy atom. The van der Waals surface area contributed by atoms with E-state index in [1.807, 2.05) is 0 Å². The van der Waals surface area contributed by atoms with Crippen LogP contribution >= 0.6 is 23.2 Å². The minimum absolute atomic E-state index is 0.0190. The van der Waals surface area contributed by atoms with Crippen molar-refractivity contribution in [2.75, 3.05) is 26.4 Å². The summed E-state index contributed by atoms with van der Waals surface area (Å²) in [6.07, 6.45) is 5.24. The highest BCUT2D eigenvalue weighted by molar-refractivity contribution is 6.35. The normalized spacial score (nSPS) is 26.1. The number of hydrogen-bond acceptors (Lipinski definition) is 5. The molecule has 39 heavy (non-hydrogen) atoms. The summed E-state index contributed by atoms with van der Waals surface area (Å²) in [5, 5.41) is 10.2. The average molecular weight is 577 g/mol. The van der Waals surface area contributed by atoms with E-state index in [-0.39, 0.29) is 36.1 Å². The van der Waals surface area contributed by atoms with E-state index in [0.717, 1.165) is 56.3 Å². The Labute approximate surface area is 236 Å². The third kappa shape index (κ3) is 5.12. The van der Waals surface area contributed by atoms with Crippen LogP contribution in [0.15, 0.2) is 30.3 Å². The molecule has 1 N–H and O–H groups in total. The Morgan fingerprint density at radius 1 is 1.05 bits per heavy atom. The summed E-state index contributed by atoms with van der Waals surface area (Å²) in [7, 11) is 0. The van der Waals surface area contributed by atoms with Crippen LogP contribution in [0, 0.1) is 11.7 Å². The first-order valence-corrected chi connectivity index (χ1v) is 14.3. The molecular weight excluding hydrogens is 546 g/mol. The monoisotopic (exact) mass is 576 g/mol. The third-order valence-electron chi connectivity index (χ3n) is 8.82. The van der Waals surface area contributed by atoms with Gasteiger partial charge in [-0.15, -0.1) is 0 Å². The lowest BCUT2D eigenvalue weighted by Gasteiger charge is -2.46. The van der Waals surface area contributed by atoms with Gasteiger partial charge in [-0.25, -0.2) is 9.18 Å². The summed E-state index contributed by atoms with van der Waals surface area (Å²) >= 11 is 12.5. The average Bonchev–Trinajstić information content (AvgIpc) is 3.79. The van der Waals surface area contributed by atoms with E-state index in [9.17, 15) is 19.1 Å². The third-order valence-corrected chi connectivity index (χ3v) is 9.32. The molecule has 10 heteroatoms. The topological polar surface area (TPSA) is 79.3 Å². The van der Waals surface area contributed by atoms with Gasteiger partial charge in [0, 0.05) is 16.6 Å². The van der Waals surface area contributed by atoms with Gasteiger partial charge >= 0.3 is 5.97 Å². The van der Waals surface area contributed by atoms with Gasteiger partial charge in [0.25, 0.3) is 5.91 Å². The number of hydrogen-bond donors (Lipinski definition) is 1. The molecule has 0 spiro atoms. The number of nitrogens with zero attached hydrogens (tertiary/aromatic N) is 2. The van der Waals surface area contributed by atoms with E-state index < -0.39 is 17.4 Å². The number of carbonyl (C=O) groups is 2. The number of carboxylic acids is 1. The maximum atomic E-state index is 13.9. The lowest BCUT2D eigenvalue weighted by Crippen LogP contribution is -2.59. The predicted octanol–water partition coefficient (Wildman–Crippen LogP) is 5.72. The van der Waals surface area contributed by atoms with Gasteiger partial charge in [-0.1, -0.05) is 29.3 Å². The van der Waals surface area contributed by atoms with Gasteiger partial charge in [0.05, 0.1) is 23.7 Å². The molecule has 3 aliphatic heterocycles. The summed E-state index contributed by atoms with van der Waals surface area (Å²) in [6.45, 7) is 2.71. The Kier molecular flexibility index (Phi) is 7.25. The van der Waals surface area contributed by atoms with Crippen molar-refractivity contribution in [2.24, 2.45) is 5.92 Å². The first-order valence-electron chi connectivity index (χ1n) is 13.6. The minimum atomic E-state index is -1.24. The van der Waals surface area contributed by atoms with Crippen LogP contribution in [0.3, 0.4) is 0 Å². The van der Waals surface area contributed by atoms with Crippen molar-refractivity contribution in [3.63, 3.8) is 0 Å². The fourth-order valence-electron chi connectivity index (χ4n) is 6.53. The van der Waals surface area contributed by atoms with Crippen molar-refractivity contribution in [3.8, 4) is 5.75 Å². The highest BCUT2D eigenvalue weighted by Crippen LogP contribution is 2.49. The zero-order valence-electron chi connectivity index (χ0n) is 21.5. The van der Waals surface area contributed by atoms with E-state index in [1.54, 1.807) is 23.1 Å². The van der Waals surface area contributed by atoms with E-state index in [4.69, 9.17) is 32.7 Å².